The molecule has 1 amide bonds. The van der Waals surface area contributed by atoms with Gasteiger partial charge in [-0.1, -0.05) is 0 Å². The number of hydrogen-bond donors (Lipinski definition) is 2. The molecule has 2 rings (SSSR count). The fraction of sp³-hybridized carbons (Fsp3) is 0.357. The SMILES string of the molecule is CC(C)(C)OC(=O)NCc1n[c-]n[nH]1.[V+2].[c-]1ccccc1. The van der Waals surface area contributed by atoms with Crippen molar-refractivity contribution in [2.75, 3.05) is 0 Å². The van der Waals surface area contributed by atoms with Gasteiger partial charge in [0.1, 0.15) is 5.60 Å². The molecule has 0 unspecified atom stereocenters. The van der Waals surface area contributed by atoms with Crippen LogP contribution in [0.15, 0.2) is 30.3 Å². The van der Waals surface area contributed by atoms with Crippen molar-refractivity contribution < 1.29 is 28.1 Å². The molecule has 0 fully saturated rings. The van der Waals surface area contributed by atoms with Crippen LogP contribution in [0, 0.1) is 12.4 Å². The number of benzene rings is 1. The summed E-state index contributed by atoms with van der Waals surface area (Å²) < 4.78 is 5.01. The normalized spacial score (nSPS) is 9.67. The topological polar surface area (TPSA) is 79.9 Å². The average Bonchev–Trinajstić information content (AvgIpc) is 2.90. The Balaban J connectivity index is 0.000000480. The van der Waals surface area contributed by atoms with Crippen LogP contribution < -0.4 is 5.32 Å². The molecule has 1 heterocycles. The second kappa shape index (κ2) is 10.0. The van der Waals surface area contributed by atoms with E-state index < -0.39 is 11.7 Å². The molecule has 1 radical (unpaired) electrons. The maximum absolute atomic E-state index is 11.1. The molecule has 21 heavy (non-hydrogen) atoms. The molecular formula is C14H18N4O2V. The van der Waals surface area contributed by atoms with Gasteiger partial charge in [-0.15, -0.1) is 0 Å². The third-order valence-electron chi connectivity index (χ3n) is 1.83. The number of rotatable bonds is 2. The van der Waals surface area contributed by atoms with Crippen LogP contribution in [0.1, 0.15) is 26.6 Å². The van der Waals surface area contributed by atoms with E-state index in [1.807, 2.05) is 30.3 Å². The Morgan fingerprint density at radius 3 is 2.38 bits per heavy atom. The molecule has 7 heteroatoms. The number of H-pyrrole nitrogens is 1. The number of carbonyl (C=O) groups is 1. The smallest absolute Gasteiger partial charge is 0.444 e. The number of carbonyl (C=O) groups excluding carboxylic acids is 1. The van der Waals surface area contributed by atoms with E-state index in [9.17, 15) is 4.79 Å². The minimum Gasteiger partial charge on any atom is -0.444 e. The minimum absolute atomic E-state index is 0. The number of nitrogens with one attached hydrogen (secondary N) is 2. The average molecular weight is 325 g/mol. The van der Waals surface area contributed by atoms with Gasteiger partial charge in [0.25, 0.3) is 0 Å². The standard InChI is InChI=1S/C8H13N4O2.C6H5.V/c1-8(2,3)14-7(13)9-4-6-10-5-11-12-6;1-2-4-6-5-3-1;/h4H2,1-3H3,(H,9,13)(H,10,11,12);1-5H;/q2*-1;+2. The molecule has 0 saturated heterocycles. The molecule has 111 valence electrons. The second-order valence-corrected chi connectivity index (χ2v) is 4.81. The van der Waals surface area contributed by atoms with Crippen LogP contribution in [0.2, 0.25) is 0 Å². The van der Waals surface area contributed by atoms with Gasteiger partial charge < -0.3 is 20.1 Å². The fourth-order valence-electron chi connectivity index (χ4n) is 1.09. The van der Waals surface area contributed by atoms with Crippen molar-refractivity contribution >= 4 is 6.09 Å². The minimum atomic E-state index is -0.488. The Kier molecular flexibility index (Phi) is 9.16. The van der Waals surface area contributed by atoms with Crippen molar-refractivity contribution in [2.45, 2.75) is 32.9 Å². The van der Waals surface area contributed by atoms with E-state index in [0.717, 1.165) is 0 Å². The Morgan fingerprint density at radius 2 is 2.00 bits per heavy atom. The second-order valence-electron chi connectivity index (χ2n) is 4.81. The molecule has 0 aliphatic heterocycles. The number of aromatic amines is 1. The molecular weight excluding hydrogens is 307 g/mol. The van der Waals surface area contributed by atoms with Crippen LogP contribution in [0.3, 0.4) is 0 Å². The largest absolute Gasteiger partial charge is 2.00 e. The zero-order valence-corrected chi connectivity index (χ0v) is 13.6. The molecule has 0 atom stereocenters. The summed E-state index contributed by atoms with van der Waals surface area (Å²) in [6.45, 7) is 5.66. The van der Waals surface area contributed by atoms with E-state index in [1.165, 1.54) is 0 Å². The van der Waals surface area contributed by atoms with Gasteiger partial charge in [-0.2, -0.15) is 36.4 Å². The van der Waals surface area contributed by atoms with E-state index in [0.29, 0.717) is 5.82 Å². The van der Waals surface area contributed by atoms with Crippen LogP contribution in [0.5, 0.6) is 0 Å². The maximum atomic E-state index is 11.1. The molecule has 0 aliphatic rings. The molecule has 6 nitrogen and oxygen atoms in total. The van der Waals surface area contributed by atoms with Gasteiger partial charge >= 0.3 is 24.6 Å². The van der Waals surface area contributed by atoms with Crippen molar-refractivity contribution in [3.63, 3.8) is 0 Å². The van der Waals surface area contributed by atoms with Gasteiger partial charge in [0.05, 0.1) is 0 Å². The van der Waals surface area contributed by atoms with Crippen molar-refractivity contribution in [1.29, 1.82) is 0 Å². The Morgan fingerprint density at radius 1 is 1.33 bits per heavy atom. The molecule has 2 aromatic rings. The molecule has 0 bridgehead atoms. The molecule has 1 aromatic carbocycles. The molecule has 2 N–H and O–H groups in total. The van der Waals surface area contributed by atoms with E-state index in [-0.39, 0.29) is 25.1 Å². The monoisotopic (exact) mass is 325 g/mol. The van der Waals surface area contributed by atoms with E-state index >= 15 is 0 Å². The molecule has 0 aliphatic carbocycles. The van der Waals surface area contributed by atoms with Crippen LogP contribution in [0.4, 0.5) is 4.79 Å². The molecule has 1 aromatic heterocycles. The van der Waals surface area contributed by atoms with Crippen LogP contribution in [-0.4, -0.2) is 26.9 Å². The summed E-state index contributed by atoms with van der Waals surface area (Å²) in [5, 5.41) is 8.62. The Hall–Kier alpha value is -1.79. The first-order valence-electron chi connectivity index (χ1n) is 6.12. The van der Waals surface area contributed by atoms with Crippen LogP contribution in [-0.2, 0) is 29.8 Å². The Labute approximate surface area is 136 Å². The van der Waals surface area contributed by atoms with Gasteiger partial charge in [-0.25, -0.2) is 4.79 Å². The van der Waals surface area contributed by atoms with Gasteiger partial charge in [-0.3, -0.25) is 5.10 Å². The van der Waals surface area contributed by atoms with Crippen LogP contribution >= 0.6 is 0 Å². The first kappa shape index (κ1) is 19.2. The summed E-state index contributed by atoms with van der Waals surface area (Å²) >= 11 is 0. The number of alkyl carbamates (subject to hydrolysis) is 1. The quantitative estimate of drug-likeness (QED) is 0.829. The zero-order chi connectivity index (χ0) is 14.8. The predicted molar refractivity (Wildman–Crippen MR) is 73.6 cm³/mol. The van der Waals surface area contributed by atoms with Crippen LogP contribution in [0.25, 0.3) is 0 Å². The fourth-order valence-corrected chi connectivity index (χ4v) is 1.09. The number of amides is 1. The number of nitrogens with zero attached hydrogens (tertiary/aromatic N) is 2. The summed E-state index contributed by atoms with van der Waals surface area (Å²) in [5.41, 5.74) is -0.488. The van der Waals surface area contributed by atoms with E-state index in [4.69, 9.17) is 4.74 Å². The summed E-state index contributed by atoms with van der Waals surface area (Å²) in [5.74, 6) is 0.538. The van der Waals surface area contributed by atoms with Crippen molar-refractivity contribution in [2.24, 2.45) is 0 Å². The van der Waals surface area contributed by atoms with Crippen molar-refractivity contribution in [3.05, 3.63) is 48.5 Å². The number of ether oxygens (including phenoxy) is 1. The predicted octanol–water partition coefficient (Wildman–Crippen LogP) is 2.11. The van der Waals surface area contributed by atoms with Crippen molar-refractivity contribution in [3.8, 4) is 0 Å². The van der Waals surface area contributed by atoms with Gasteiger partial charge in [0.15, 0.2) is 0 Å². The summed E-state index contributed by atoms with van der Waals surface area (Å²) in [6.07, 6.45) is 1.88. The first-order chi connectivity index (χ1) is 9.47. The van der Waals surface area contributed by atoms with E-state index in [2.05, 4.69) is 32.9 Å². The maximum Gasteiger partial charge on any atom is 2.00 e. The number of hydrogen-bond acceptors (Lipinski definition) is 4. The summed E-state index contributed by atoms with van der Waals surface area (Å²) in [7, 11) is 0. The third kappa shape index (κ3) is 10.6. The van der Waals surface area contributed by atoms with Gasteiger partial charge in [0, 0.05) is 6.54 Å². The Bertz CT molecular complexity index is 457. The first-order valence-corrected chi connectivity index (χ1v) is 6.12. The zero-order valence-electron chi connectivity index (χ0n) is 12.3. The number of aromatic nitrogens is 3. The van der Waals surface area contributed by atoms with Gasteiger partial charge in [-0.05, 0) is 32.9 Å². The van der Waals surface area contributed by atoms with E-state index in [1.54, 1.807) is 20.8 Å². The van der Waals surface area contributed by atoms with Gasteiger partial charge in [0.2, 0.25) is 0 Å². The third-order valence-corrected chi connectivity index (χ3v) is 1.83. The molecule has 0 spiro atoms. The molecule has 0 saturated carbocycles. The summed E-state index contributed by atoms with van der Waals surface area (Å²) in [4.78, 5) is 14.9. The van der Waals surface area contributed by atoms with Crippen molar-refractivity contribution in [1.82, 2.24) is 20.5 Å². The summed E-state index contributed by atoms with van der Waals surface area (Å²) in [6, 6.07) is 12.5.